The number of rotatable bonds is 6. The fourth-order valence-corrected chi connectivity index (χ4v) is 2.80. The van der Waals surface area contributed by atoms with E-state index in [0.29, 0.717) is 11.3 Å². The first-order chi connectivity index (χ1) is 12.4. The second-order valence-electron chi connectivity index (χ2n) is 5.02. The molecule has 1 amide bonds. The number of aryl methyl sites for hydroxylation is 1. The van der Waals surface area contributed by atoms with Crippen molar-refractivity contribution in [2.24, 2.45) is 0 Å². The molecule has 0 fully saturated rings. The maximum atomic E-state index is 12.1. The topological polar surface area (TPSA) is 124 Å². The Bertz CT molecular complexity index is 971. The van der Waals surface area contributed by atoms with Crippen LogP contribution in [0.3, 0.4) is 0 Å². The molecular weight excluding hydrogens is 384 g/mol. The molecule has 2 heterocycles. The number of nitro groups is 1. The maximum absolute atomic E-state index is 12.1. The highest BCUT2D eigenvalue weighted by Crippen LogP contribution is 2.29. The van der Waals surface area contributed by atoms with Crippen molar-refractivity contribution in [1.29, 1.82) is 0 Å². The minimum Gasteiger partial charge on any atom is -0.469 e. The normalized spacial score (nSPS) is 10.7. The second kappa shape index (κ2) is 7.58. The summed E-state index contributed by atoms with van der Waals surface area (Å²) in [5.41, 5.74) is 0.444. The molecule has 3 rings (SSSR count). The van der Waals surface area contributed by atoms with E-state index in [-0.39, 0.29) is 33.3 Å². The Labute approximate surface area is 155 Å². The van der Waals surface area contributed by atoms with Gasteiger partial charge in [0.1, 0.15) is 11.4 Å². The van der Waals surface area contributed by atoms with Gasteiger partial charge in [-0.15, -0.1) is 10.2 Å². The minimum atomic E-state index is -0.601. The highest BCUT2D eigenvalue weighted by atomic mass is 35.5. The molecule has 9 nitrogen and oxygen atoms in total. The molecule has 0 saturated heterocycles. The number of furan rings is 1. The number of carbonyl (C=O) groups is 1. The average Bonchev–Trinajstić information content (AvgIpc) is 3.21. The van der Waals surface area contributed by atoms with E-state index in [1.165, 1.54) is 24.5 Å². The Balaban J connectivity index is 1.64. The summed E-state index contributed by atoms with van der Waals surface area (Å²) in [5, 5.41) is 21.7. The molecule has 3 aromatic rings. The lowest BCUT2D eigenvalue weighted by Crippen LogP contribution is -2.15. The molecular formula is C15H11ClN4O5S. The maximum Gasteiger partial charge on any atom is 0.292 e. The minimum absolute atomic E-state index is 0.0216. The number of amides is 1. The number of nitrogens with one attached hydrogen (secondary N) is 1. The molecule has 26 heavy (non-hydrogen) atoms. The van der Waals surface area contributed by atoms with E-state index < -0.39 is 10.8 Å². The van der Waals surface area contributed by atoms with Gasteiger partial charge in [0.25, 0.3) is 16.8 Å². The van der Waals surface area contributed by atoms with E-state index in [2.05, 4.69) is 15.5 Å². The Morgan fingerprint density at radius 3 is 2.88 bits per heavy atom. The smallest absolute Gasteiger partial charge is 0.292 e. The SMILES string of the molecule is Cc1occc1-c1nnc(SCC(=O)Nc2cc(Cl)ccc2[N+](=O)[O-])o1. The van der Waals surface area contributed by atoms with Gasteiger partial charge < -0.3 is 14.2 Å². The first kappa shape index (κ1) is 18.0. The Morgan fingerprint density at radius 2 is 2.19 bits per heavy atom. The third-order valence-corrected chi connectivity index (χ3v) is 4.31. The van der Waals surface area contributed by atoms with Gasteiger partial charge in [-0.25, -0.2) is 0 Å². The summed E-state index contributed by atoms with van der Waals surface area (Å²) in [6.07, 6.45) is 1.51. The van der Waals surface area contributed by atoms with Crippen LogP contribution in [0.4, 0.5) is 11.4 Å². The summed E-state index contributed by atoms with van der Waals surface area (Å²) in [4.78, 5) is 22.5. The Morgan fingerprint density at radius 1 is 1.38 bits per heavy atom. The third kappa shape index (κ3) is 4.03. The third-order valence-electron chi connectivity index (χ3n) is 3.25. The van der Waals surface area contributed by atoms with Crippen LogP contribution in [0.2, 0.25) is 5.02 Å². The zero-order valence-corrected chi connectivity index (χ0v) is 14.8. The summed E-state index contributed by atoms with van der Waals surface area (Å²) in [6.45, 7) is 1.76. The van der Waals surface area contributed by atoms with Gasteiger partial charge in [0, 0.05) is 11.1 Å². The molecule has 0 spiro atoms. The van der Waals surface area contributed by atoms with Crippen molar-refractivity contribution in [2.45, 2.75) is 12.1 Å². The van der Waals surface area contributed by atoms with Crippen molar-refractivity contribution in [3.63, 3.8) is 0 Å². The lowest BCUT2D eigenvalue weighted by Gasteiger charge is -2.05. The van der Waals surface area contributed by atoms with Crippen molar-refractivity contribution in [3.05, 3.63) is 51.4 Å². The van der Waals surface area contributed by atoms with Crippen LogP contribution in [-0.2, 0) is 4.79 Å². The van der Waals surface area contributed by atoms with Gasteiger partial charge in [0.05, 0.1) is 22.5 Å². The molecule has 1 aromatic carbocycles. The monoisotopic (exact) mass is 394 g/mol. The molecule has 0 aliphatic rings. The van der Waals surface area contributed by atoms with E-state index in [1.54, 1.807) is 13.0 Å². The van der Waals surface area contributed by atoms with Crippen LogP contribution in [0.25, 0.3) is 11.5 Å². The largest absolute Gasteiger partial charge is 0.469 e. The second-order valence-corrected chi connectivity index (χ2v) is 6.38. The summed E-state index contributed by atoms with van der Waals surface area (Å²) in [6, 6.07) is 5.61. The molecule has 0 saturated carbocycles. The van der Waals surface area contributed by atoms with Gasteiger partial charge in [0.2, 0.25) is 5.91 Å². The van der Waals surface area contributed by atoms with Gasteiger partial charge in [0.15, 0.2) is 0 Å². The number of hydrogen-bond donors (Lipinski definition) is 1. The van der Waals surface area contributed by atoms with Gasteiger partial charge in [-0.2, -0.15) is 0 Å². The van der Waals surface area contributed by atoms with Crippen molar-refractivity contribution in [2.75, 3.05) is 11.1 Å². The zero-order valence-electron chi connectivity index (χ0n) is 13.3. The fraction of sp³-hybridized carbons (Fsp3) is 0.133. The predicted octanol–water partition coefficient (Wildman–Crippen LogP) is 3.93. The number of nitrogens with zero attached hydrogens (tertiary/aromatic N) is 3. The van der Waals surface area contributed by atoms with Crippen molar-refractivity contribution in [1.82, 2.24) is 10.2 Å². The van der Waals surface area contributed by atoms with Crippen LogP contribution in [0.1, 0.15) is 5.76 Å². The lowest BCUT2D eigenvalue weighted by molar-refractivity contribution is -0.383. The first-order valence-electron chi connectivity index (χ1n) is 7.18. The molecule has 0 unspecified atom stereocenters. The van der Waals surface area contributed by atoms with E-state index in [4.69, 9.17) is 20.4 Å². The standard InChI is InChI=1S/C15H11ClN4O5S/c1-8-10(4-5-24-8)14-18-19-15(25-14)26-7-13(21)17-11-6-9(16)2-3-12(11)20(22)23/h2-6H,7H2,1H3,(H,17,21). The van der Waals surface area contributed by atoms with Crippen molar-refractivity contribution >= 4 is 40.6 Å². The molecule has 2 aromatic heterocycles. The Hall–Kier alpha value is -2.85. The number of thioether (sulfide) groups is 1. The quantitative estimate of drug-likeness (QED) is 0.378. The number of hydrogen-bond acceptors (Lipinski definition) is 8. The molecule has 0 bridgehead atoms. The van der Waals surface area contributed by atoms with Crippen LogP contribution in [0.15, 0.2) is 44.6 Å². The summed E-state index contributed by atoms with van der Waals surface area (Å²) < 4.78 is 10.6. The summed E-state index contributed by atoms with van der Waals surface area (Å²) in [7, 11) is 0. The number of nitro benzene ring substituents is 1. The number of carbonyl (C=O) groups excluding carboxylic acids is 1. The van der Waals surface area contributed by atoms with Gasteiger partial charge in [-0.1, -0.05) is 23.4 Å². The van der Waals surface area contributed by atoms with Crippen LogP contribution >= 0.6 is 23.4 Å². The van der Waals surface area contributed by atoms with Gasteiger partial charge in [-0.05, 0) is 25.1 Å². The number of anilines is 1. The van der Waals surface area contributed by atoms with E-state index >= 15 is 0 Å². The van der Waals surface area contributed by atoms with E-state index in [0.717, 1.165) is 11.8 Å². The average molecular weight is 395 g/mol. The predicted molar refractivity (Wildman–Crippen MR) is 94.2 cm³/mol. The molecule has 0 radical (unpaired) electrons. The molecule has 0 aliphatic carbocycles. The van der Waals surface area contributed by atoms with Gasteiger partial charge in [-0.3, -0.25) is 14.9 Å². The molecule has 0 aliphatic heterocycles. The molecule has 0 atom stereocenters. The summed E-state index contributed by atoms with van der Waals surface area (Å²) in [5.74, 6) is 0.371. The van der Waals surface area contributed by atoms with Crippen LogP contribution in [0.5, 0.6) is 0 Å². The van der Waals surface area contributed by atoms with Gasteiger partial charge >= 0.3 is 0 Å². The number of benzene rings is 1. The van der Waals surface area contributed by atoms with Crippen molar-refractivity contribution < 1.29 is 18.6 Å². The zero-order chi connectivity index (χ0) is 18.7. The number of aromatic nitrogens is 2. The molecule has 1 N–H and O–H groups in total. The Kier molecular flexibility index (Phi) is 5.24. The lowest BCUT2D eigenvalue weighted by atomic mass is 10.2. The molecule has 11 heteroatoms. The van der Waals surface area contributed by atoms with Crippen LogP contribution < -0.4 is 5.32 Å². The molecule has 134 valence electrons. The first-order valence-corrected chi connectivity index (χ1v) is 8.55. The van der Waals surface area contributed by atoms with E-state index in [9.17, 15) is 14.9 Å². The summed E-state index contributed by atoms with van der Waals surface area (Å²) >= 11 is 6.83. The van der Waals surface area contributed by atoms with E-state index in [1.807, 2.05) is 0 Å². The fourth-order valence-electron chi connectivity index (χ4n) is 2.06. The highest BCUT2D eigenvalue weighted by Gasteiger charge is 2.18. The van der Waals surface area contributed by atoms with Crippen LogP contribution in [0, 0.1) is 17.0 Å². The highest BCUT2D eigenvalue weighted by molar-refractivity contribution is 7.99. The van der Waals surface area contributed by atoms with Crippen LogP contribution in [-0.4, -0.2) is 26.8 Å². The van der Waals surface area contributed by atoms with Crippen molar-refractivity contribution in [3.8, 4) is 11.5 Å². The number of halogens is 1.